The van der Waals surface area contributed by atoms with Crippen LogP contribution in [-0.2, 0) is 4.79 Å². The number of carboxylic acids is 1. The summed E-state index contributed by atoms with van der Waals surface area (Å²) < 4.78 is 0. The van der Waals surface area contributed by atoms with Gasteiger partial charge in [-0.3, -0.25) is 4.90 Å². The summed E-state index contributed by atoms with van der Waals surface area (Å²) in [6, 6.07) is 0. The van der Waals surface area contributed by atoms with E-state index < -0.39 is 5.97 Å². The minimum Gasteiger partial charge on any atom is -0.549 e. The molecule has 0 heterocycles. The van der Waals surface area contributed by atoms with Crippen molar-refractivity contribution in [2.24, 2.45) is 0 Å². The van der Waals surface area contributed by atoms with Crippen LogP contribution in [0.5, 0.6) is 0 Å². The van der Waals surface area contributed by atoms with Gasteiger partial charge in [-0.2, -0.15) is 0 Å². The molecule has 0 aliphatic heterocycles. The Morgan fingerprint density at radius 2 is 0.571 bits per heavy atom. The van der Waals surface area contributed by atoms with Crippen molar-refractivity contribution >= 4 is 5.97 Å². The van der Waals surface area contributed by atoms with Crippen molar-refractivity contribution in [2.75, 3.05) is 19.6 Å². The van der Waals surface area contributed by atoms with Crippen LogP contribution in [0, 0.1) is 0 Å². The molecule has 0 unspecified atom stereocenters. The summed E-state index contributed by atoms with van der Waals surface area (Å²) in [5, 5.41) is 11.2. The predicted molar refractivity (Wildman–Crippen MR) is 181 cm³/mol. The second-order valence-corrected chi connectivity index (χ2v) is 13.3. The molecule has 4 heteroatoms. The smallest absolute Gasteiger partial charge is 0.549 e. The number of nitrogens with zero attached hydrogens (tertiary/aromatic N) is 1. The summed E-state index contributed by atoms with van der Waals surface area (Å²) in [5.74, 6) is -0.919. The molecular formula is C38H76KNO2. The average Bonchev–Trinajstić information content (AvgIpc) is 2.96. The van der Waals surface area contributed by atoms with Gasteiger partial charge in [-0.25, -0.2) is 0 Å². The number of carbonyl (C=O) groups excluding carboxylic acids is 1. The van der Waals surface area contributed by atoms with Crippen LogP contribution in [0.4, 0.5) is 0 Å². The zero-order valence-electron chi connectivity index (χ0n) is 29.5. The molecular weight excluding hydrogens is 542 g/mol. The Bertz CT molecular complexity index is 465. The molecule has 0 amide bonds. The number of unbranched alkanes of at least 4 members (excludes halogenated alkanes) is 30. The van der Waals surface area contributed by atoms with Gasteiger partial charge in [0.2, 0.25) is 0 Å². The summed E-state index contributed by atoms with van der Waals surface area (Å²) in [6.45, 7) is 6.53. The van der Waals surface area contributed by atoms with Crippen LogP contribution in [0.3, 0.4) is 0 Å². The molecule has 0 atom stereocenters. The van der Waals surface area contributed by atoms with Crippen LogP contribution in [0.1, 0.15) is 219 Å². The Morgan fingerprint density at radius 3 is 0.762 bits per heavy atom. The topological polar surface area (TPSA) is 43.4 Å². The van der Waals surface area contributed by atoms with E-state index in [4.69, 9.17) is 0 Å². The van der Waals surface area contributed by atoms with Gasteiger partial charge in [0, 0.05) is 6.54 Å². The molecule has 0 aliphatic carbocycles. The van der Waals surface area contributed by atoms with Gasteiger partial charge in [-0.15, -0.1) is 0 Å². The third-order valence-corrected chi connectivity index (χ3v) is 9.01. The first-order valence-electron chi connectivity index (χ1n) is 19.1. The van der Waals surface area contributed by atoms with Gasteiger partial charge in [-0.1, -0.05) is 206 Å². The number of rotatable bonds is 36. The minimum absolute atomic E-state index is 0. The summed E-state index contributed by atoms with van der Waals surface area (Å²) >= 11 is 0. The predicted octanol–water partition coefficient (Wildman–Crippen LogP) is 8.57. The maximum Gasteiger partial charge on any atom is 1.00 e. The van der Waals surface area contributed by atoms with E-state index in [1.165, 1.54) is 193 Å². The van der Waals surface area contributed by atoms with Gasteiger partial charge < -0.3 is 9.90 Å². The summed E-state index contributed by atoms with van der Waals surface area (Å²) in [5.41, 5.74) is 0. The van der Waals surface area contributed by atoms with Crippen molar-refractivity contribution in [3.8, 4) is 0 Å². The van der Waals surface area contributed by atoms with Gasteiger partial charge in [0.05, 0.1) is 5.97 Å². The molecule has 0 aromatic rings. The van der Waals surface area contributed by atoms with Gasteiger partial charge in [0.15, 0.2) is 0 Å². The van der Waals surface area contributed by atoms with Gasteiger partial charge in [0.25, 0.3) is 0 Å². The number of carboxylic acid groups (broad SMARTS) is 1. The van der Waals surface area contributed by atoms with Crippen LogP contribution >= 0.6 is 0 Å². The average molecular weight is 618 g/mol. The zero-order valence-corrected chi connectivity index (χ0v) is 32.6. The second-order valence-electron chi connectivity index (χ2n) is 13.3. The monoisotopic (exact) mass is 618 g/mol. The standard InChI is InChI=1S/C38H77NO2.K/c1-3-5-7-9-11-13-15-17-19-21-23-25-27-29-31-33-35-39(37-38(40)41)36-34-32-30-28-26-24-22-20-18-16-14-12-10-8-6-4-2;/h3-37H2,1-2H3,(H,40,41);/q;+1/p-1. The molecule has 0 spiro atoms. The fourth-order valence-corrected chi connectivity index (χ4v) is 6.22. The fourth-order valence-electron chi connectivity index (χ4n) is 6.22. The number of hydrogen-bond acceptors (Lipinski definition) is 3. The van der Waals surface area contributed by atoms with E-state index in [1.807, 2.05) is 0 Å². The Hall–Kier alpha value is 1.07. The van der Waals surface area contributed by atoms with Crippen molar-refractivity contribution in [3.63, 3.8) is 0 Å². The molecule has 0 aliphatic rings. The van der Waals surface area contributed by atoms with E-state index in [2.05, 4.69) is 18.7 Å². The van der Waals surface area contributed by atoms with Crippen LogP contribution in [0.2, 0.25) is 0 Å². The maximum atomic E-state index is 11.2. The summed E-state index contributed by atoms with van der Waals surface area (Å²) in [7, 11) is 0. The summed E-state index contributed by atoms with van der Waals surface area (Å²) in [6.07, 6.45) is 44.0. The van der Waals surface area contributed by atoms with E-state index in [-0.39, 0.29) is 57.9 Å². The molecule has 0 aromatic heterocycles. The third-order valence-electron chi connectivity index (χ3n) is 9.01. The molecule has 0 radical (unpaired) electrons. The van der Waals surface area contributed by atoms with Crippen LogP contribution < -0.4 is 56.5 Å². The molecule has 0 saturated carbocycles. The van der Waals surface area contributed by atoms with Gasteiger partial charge >= 0.3 is 51.4 Å². The molecule has 0 N–H and O–H groups in total. The molecule has 0 rings (SSSR count). The molecule has 0 bridgehead atoms. The van der Waals surface area contributed by atoms with E-state index in [9.17, 15) is 9.90 Å². The SMILES string of the molecule is CCCCCCCCCCCCCCCCCCN(CCCCCCCCCCCCCCCCCC)CC(=O)[O-].[K+]. The normalized spacial score (nSPS) is 11.3. The third kappa shape index (κ3) is 39.1. The van der Waals surface area contributed by atoms with Crippen LogP contribution in [-0.4, -0.2) is 30.5 Å². The first-order chi connectivity index (χ1) is 20.2. The number of carbonyl (C=O) groups is 1. The fraction of sp³-hybridized carbons (Fsp3) is 0.974. The Kier molecular flexibility index (Phi) is 43.1. The first kappa shape index (κ1) is 45.2. The van der Waals surface area contributed by atoms with Crippen molar-refractivity contribution in [2.45, 2.75) is 219 Å². The Balaban J connectivity index is 0. The van der Waals surface area contributed by atoms with E-state index in [0.29, 0.717) is 0 Å². The van der Waals surface area contributed by atoms with Gasteiger partial charge in [0.1, 0.15) is 0 Å². The van der Waals surface area contributed by atoms with E-state index in [0.717, 1.165) is 25.9 Å². The maximum absolute atomic E-state index is 11.2. The van der Waals surface area contributed by atoms with Crippen molar-refractivity contribution in [1.29, 1.82) is 0 Å². The van der Waals surface area contributed by atoms with Gasteiger partial charge in [-0.05, 0) is 25.9 Å². The molecule has 0 aromatic carbocycles. The van der Waals surface area contributed by atoms with Crippen molar-refractivity contribution in [3.05, 3.63) is 0 Å². The largest absolute Gasteiger partial charge is 1.00 e. The minimum atomic E-state index is -0.919. The molecule has 42 heavy (non-hydrogen) atoms. The molecule has 0 saturated heterocycles. The summed E-state index contributed by atoms with van der Waals surface area (Å²) in [4.78, 5) is 13.3. The zero-order chi connectivity index (χ0) is 29.9. The molecule has 0 fully saturated rings. The number of aliphatic carboxylic acids is 1. The number of hydrogen-bond donors (Lipinski definition) is 0. The van der Waals surface area contributed by atoms with Crippen molar-refractivity contribution < 1.29 is 61.3 Å². The quantitative estimate of drug-likeness (QED) is 0.0523. The van der Waals surface area contributed by atoms with Crippen molar-refractivity contribution in [1.82, 2.24) is 4.90 Å². The van der Waals surface area contributed by atoms with E-state index >= 15 is 0 Å². The van der Waals surface area contributed by atoms with Crippen LogP contribution in [0.15, 0.2) is 0 Å². The van der Waals surface area contributed by atoms with Crippen LogP contribution in [0.25, 0.3) is 0 Å². The second kappa shape index (κ2) is 40.1. The Labute approximate surface area is 308 Å². The van der Waals surface area contributed by atoms with E-state index in [1.54, 1.807) is 0 Å². The first-order valence-corrected chi connectivity index (χ1v) is 19.1. The Morgan fingerprint density at radius 1 is 0.381 bits per heavy atom. The molecule has 246 valence electrons. The molecule has 3 nitrogen and oxygen atoms in total.